The standard InChI is InChI=1S/C9H19NO2/c1-5(2)8-4-7(10)9(11)6(3)12-8/h5-9,11H,4,10H2,1-3H3/t6?,7-,8+,9-/m0/s1. The van der Waals surface area contributed by atoms with E-state index in [1.54, 1.807) is 0 Å². The highest BCUT2D eigenvalue weighted by atomic mass is 16.5. The van der Waals surface area contributed by atoms with Crippen LogP contribution < -0.4 is 5.73 Å². The molecule has 0 spiro atoms. The van der Waals surface area contributed by atoms with E-state index in [1.807, 2.05) is 6.92 Å². The van der Waals surface area contributed by atoms with Gasteiger partial charge in [-0.1, -0.05) is 13.8 Å². The van der Waals surface area contributed by atoms with Crippen LogP contribution in [0, 0.1) is 5.92 Å². The molecule has 3 N–H and O–H groups in total. The summed E-state index contributed by atoms with van der Waals surface area (Å²) in [5.74, 6) is 0.478. The van der Waals surface area contributed by atoms with Crippen molar-refractivity contribution in [3.05, 3.63) is 0 Å². The normalized spacial score (nSPS) is 43.5. The fourth-order valence-corrected chi connectivity index (χ4v) is 1.60. The zero-order chi connectivity index (χ0) is 9.30. The number of ether oxygens (including phenoxy) is 1. The molecule has 0 aliphatic carbocycles. The summed E-state index contributed by atoms with van der Waals surface area (Å²) in [4.78, 5) is 0. The average molecular weight is 173 g/mol. The molecule has 0 saturated carbocycles. The third-order valence-corrected chi connectivity index (χ3v) is 2.56. The molecule has 1 saturated heterocycles. The van der Waals surface area contributed by atoms with Crippen LogP contribution in [-0.4, -0.2) is 29.5 Å². The van der Waals surface area contributed by atoms with E-state index in [2.05, 4.69) is 13.8 Å². The summed E-state index contributed by atoms with van der Waals surface area (Å²) in [6, 6.07) is -0.124. The van der Waals surface area contributed by atoms with E-state index in [9.17, 15) is 5.11 Å². The molecule has 4 atom stereocenters. The number of nitrogens with two attached hydrogens (primary N) is 1. The number of aliphatic hydroxyl groups is 1. The lowest BCUT2D eigenvalue weighted by atomic mass is 9.91. The van der Waals surface area contributed by atoms with Gasteiger partial charge < -0.3 is 15.6 Å². The Hall–Kier alpha value is -0.120. The maximum absolute atomic E-state index is 9.50. The van der Waals surface area contributed by atoms with Gasteiger partial charge in [-0.15, -0.1) is 0 Å². The van der Waals surface area contributed by atoms with Gasteiger partial charge in [0.2, 0.25) is 0 Å². The van der Waals surface area contributed by atoms with Gasteiger partial charge >= 0.3 is 0 Å². The molecule has 3 heteroatoms. The van der Waals surface area contributed by atoms with Crippen molar-refractivity contribution in [2.75, 3.05) is 0 Å². The van der Waals surface area contributed by atoms with Crippen LogP contribution in [0.5, 0.6) is 0 Å². The molecule has 72 valence electrons. The van der Waals surface area contributed by atoms with Gasteiger partial charge in [0.25, 0.3) is 0 Å². The maximum atomic E-state index is 9.50. The molecule has 0 aromatic heterocycles. The smallest absolute Gasteiger partial charge is 0.0950 e. The second kappa shape index (κ2) is 3.73. The summed E-state index contributed by atoms with van der Waals surface area (Å²) in [7, 11) is 0. The SMILES string of the molecule is CC(C)[C@H]1C[C@H](N)[C@@H](O)C(C)O1. The summed E-state index contributed by atoms with van der Waals surface area (Å²) in [5, 5.41) is 9.50. The second-order valence-corrected chi connectivity index (χ2v) is 4.01. The van der Waals surface area contributed by atoms with Crippen LogP contribution in [0.15, 0.2) is 0 Å². The van der Waals surface area contributed by atoms with E-state index in [0.717, 1.165) is 6.42 Å². The van der Waals surface area contributed by atoms with Crippen LogP contribution in [0.3, 0.4) is 0 Å². The molecule has 0 aromatic rings. The van der Waals surface area contributed by atoms with Gasteiger partial charge in [0.05, 0.1) is 18.3 Å². The summed E-state index contributed by atoms with van der Waals surface area (Å²) >= 11 is 0. The Morgan fingerprint density at radius 3 is 2.50 bits per heavy atom. The summed E-state index contributed by atoms with van der Waals surface area (Å²) < 4.78 is 5.60. The molecule has 1 aliphatic rings. The average Bonchev–Trinajstić information content (AvgIpc) is 1.99. The molecular formula is C9H19NO2. The van der Waals surface area contributed by atoms with Crippen LogP contribution in [0.1, 0.15) is 27.2 Å². The van der Waals surface area contributed by atoms with Crippen molar-refractivity contribution in [1.29, 1.82) is 0 Å². The van der Waals surface area contributed by atoms with Crippen molar-refractivity contribution in [3.63, 3.8) is 0 Å². The molecule has 1 aliphatic heterocycles. The molecule has 3 nitrogen and oxygen atoms in total. The first kappa shape index (κ1) is 9.96. The van der Waals surface area contributed by atoms with Crippen molar-refractivity contribution in [2.24, 2.45) is 11.7 Å². The largest absolute Gasteiger partial charge is 0.389 e. The van der Waals surface area contributed by atoms with Crippen LogP contribution in [0.25, 0.3) is 0 Å². The topological polar surface area (TPSA) is 55.5 Å². The quantitative estimate of drug-likeness (QED) is 0.607. The predicted molar refractivity (Wildman–Crippen MR) is 47.8 cm³/mol. The minimum absolute atomic E-state index is 0.124. The van der Waals surface area contributed by atoms with Crippen molar-refractivity contribution in [2.45, 2.75) is 51.5 Å². The Morgan fingerprint density at radius 2 is 2.08 bits per heavy atom. The molecule has 0 radical (unpaired) electrons. The molecule has 0 bridgehead atoms. The predicted octanol–water partition coefficient (Wildman–Crippen LogP) is 0.508. The lowest BCUT2D eigenvalue weighted by Crippen LogP contribution is -2.52. The first-order valence-corrected chi connectivity index (χ1v) is 4.61. The fourth-order valence-electron chi connectivity index (χ4n) is 1.60. The monoisotopic (exact) mass is 173 g/mol. The van der Waals surface area contributed by atoms with Gasteiger partial charge in [-0.25, -0.2) is 0 Å². The molecule has 12 heavy (non-hydrogen) atoms. The second-order valence-electron chi connectivity index (χ2n) is 4.01. The van der Waals surface area contributed by atoms with Gasteiger partial charge in [-0.05, 0) is 19.3 Å². The van der Waals surface area contributed by atoms with E-state index in [0.29, 0.717) is 5.92 Å². The third-order valence-electron chi connectivity index (χ3n) is 2.56. The van der Waals surface area contributed by atoms with Gasteiger partial charge in [0.1, 0.15) is 0 Å². The molecule has 0 aromatic carbocycles. The van der Waals surface area contributed by atoms with Gasteiger partial charge in [-0.3, -0.25) is 0 Å². The van der Waals surface area contributed by atoms with Crippen LogP contribution in [0.2, 0.25) is 0 Å². The van der Waals surface area contributed by atoms with Crippen LogP contribution in [0.4, 0.5) is 0 Å². The van der Waals surface area contributed by atoms with Gasteiger partial charge in [0, 0.05) is 6.04 Å². The molecule has 0 amide bonds. The summed E-state index contributed by atoms with van der Waals surface area (Å²) in [6.07, 6.45) is 0.350. The van der Waals surface area contributed by atoms with Gasteiger partial charge in [0.15, 0.2) is 0 Å². The van der Waals surface area contributed by atoms with E-state index in [1.165, 1.54) is 0 Å². The van der Waals surface area contributed by atoms with Crippen LogP contribution in [-0.2, 0) is 4.74 Å². The van der Waals surface area contributed by atoms with Crippen LogP contribution >= 0.6 is 0 Å². The Balaban J connectivity index is 2.53. The summed E-state index contributed by atoms with van der Waals surface area (Å²) in [5.41, 5.74) is 5.77. The first-order valence-electron chi connectivity index (χ1n) is 4.61. The first-order chi connectivity index (χ1) is 5.52. The van der Waals surface area contributed by atoms with E-state index >= 15 is 0 Å². The van der Waals surface area contributed by atoms with Crippen molar-refractivity contribution in [3.8, 4) is 0 Å². The maximum Gasteiger partial charge on any atom is 0.0950 e. The molecule has 1 heterocycles. The van der Waals surface area contributed by atoms with Crippen molar-refractivity contribution in [1.82, 2.24) is 0 Å². The number of hydrogen-bond acceptors (Lipinski definition) is 3. The lowest BCUT2D eigenvalue weighted by molar-refractivity contribution is -0.131. The highest BCUT2D eigenvalue weighted by Crippen LogP contribution is 2.23. The Morgan fingerprint density at radius 1 is 1.50 bits per heavy atom. The molecule has 1 unspecified atom stereocenters. The zero-order valence-corrected chi connectivity index (χ0v) is 8.03. The van der Waals surface area contributed by atoms with E-state index in [-0.39, 0.29) is 18.2 Å². The third kappa shape index (κ3) is 1.97. The van der Waals surface area contributed by atoms with E-state index in [4.69, 9.17) is 10.5 Å². The van der Waals surface area contributed by atoms with Crippen molar-refractivity contribution >= 4 is 0 Å². The molecular weight excluding hydrogens is 154 g/mol. The highest BCUT2D eigenvalue weighted by molar-refractivity contribution is 4.86. The minimum Gasteiger partial charge on any atom is -0.389 e. The van der Waals surface area contributed by atoms with E-state index < -0.39 is 6.10 Å². The Labute approximate surface area is 73.9 Å². The molecule has 1 fully saturated rings. The number of aliphatic hydroxyl groups excluding tert-OH is 1. The van der Waals surface area contributed by atoms with Crippen molar-refractivity contribution < 1.29 is 9.84 Å². The lowest BCUT2D eigenvalue weighted by Gasteiger charge is -2.38. The highest BCUT2D eigenvalue weighted by Gasteiger charge is 2.33. The zero-order valence-electron chi connectivity index (χ0n) is 8.03. The van der Waals surface area contributed by atoms with Gasteiger partial charge in [-0.2, -0.15) is 0 Å². The fraction of sp³-hybridized carbons (Fsp3) is 1.00. The minimum atomic E-state index is -0.500. The Bertz CT molecular complexity index is 137. The number of rotatable bonds is 1. The molecule has 1 rings (SSSR count). The Kier molecular flexibility index (Phi) is 3.09. The number of hydrogen-bond donors (Lipinski definition) is 2. The summed E-state index contributed by atoms with van der Waals surface area (Å²) in [6.45, 7) is 6.10.